The standard InChI is InChI=1S/C23H26F3N5O2/c1-14(17-5-4-6-19(20(17)24)23(25,26)13-32-3)28-22-18-11-16(31-7-9-33-10-8-31)12-27-21(18)15(2)29-30-22/h4-6,11-12,14H,7-10,13H2,1-3H3,(H,28,30)/t14-/m1/s1. The van der Waals surface area contributed by atoms with Gasteiger partial charge in [-0.1, -0.05) is 12.1 Å². The summed E-state index contributed by atoms with van der Waals surface area (Å²) in [7, 11) is 1.15. The summed E-state index contributed by atoms with van der Waals surface area (Å²) >= 11 is 0. The van der Waals surface area contributed by atoms with Crippen LogP contribution in [0.5, 0.6) is 0 Å². The Hall–Kier alpha value is -2.98. The SMILES string of the molecule is COCC(F)(F)c1cccc([C@@H](C)Nc2nnc(C)c3ncc(N4CCOCC4)cc23)c1F. The van der Waals surface area contributed by atoms with Crippen LogP contribution in [0.1, 0.15) is 29.8 Å². The van der Waals surface area contributed by atoms with Crippen LogP contribution >= 0.6 is 0 Å². The van der Waals surface area contributed by atoms with Gasteiger partial charge in [-0.15, -0.1) is 5.10 Å². The third kappa shape index (κ3) is 4.72. The molecular weight excluding hydrogens is 435 g/mol. The van der Waals surface area contributed by atoms with E-state index in [0.717, 1.165) is 37.3 Å². The van der Waals surface area contributed by atoms with E-state index >= 15 is 4.39 Å². The number of fused-ring (bicyclic) bond motifs is 1. The van der Waals surface area contributed by atoms with Crippen LogP contribution in [0, 0.1) is 12.7 Å². The molecule has 3 heterocycles. The average molecular weight is 461 g/mol. The quantitative estimate of drug-likeness (QED) is 0.565. The second-order valence-electron chi connectivity index (χ2n) is 8.04. The van der Waals surface area contributed by atoms with Crippen molar-refractivity contribution in [2.24, 2.45) is 0 Å². The minimum absolute atomic E-state index is 0.0936. The van der Waals surface area contributed by atoms with Crippen LogP contribution < -0.4 is 10.2 Å². The van der Waals surface area contributed by atoms with Gasteiger partial charge in [0.2, 0.25) is 0 Å². The molecule has 3 aromatic rings. The summed E-state index contributed by atoms with van der Waals surface area (Å²) in [5, 5.41) is 12.3. The summed E-state index contributed by atoms with van der Waals surface area (Å²) in [6.07, 6.45) is 1.79. The van der Waals surface area contributed by atoms with E-state index < -0.39 is 30.0 Å². The molecule has 1 N–H and O–H groups in total. The molecule has 7 nitrogen and oxygen atoms in total. The van der Waals surface area contributed by atoms with Crippen LogP contribution in [-0.4, -0.2) is 55.2 Å². The van der Waals surface area contributed by atoms with E-state index in [1.807, 2.05) is 13.0 Å². The highest BCUT2D eigenvalue weighted by Gasteiger charge is 2.36. The van der Waals surface area contributed by atoms with Crippen LogP contribution in [-0.2, 0) is 15.4 Å². The average Bonchev–Trinajstić information content (AvgIpc) is 2.81. The lowest BCUT2D eigenvalue weighted by Gasteiger charge is -2.29. The molecule has 1 aliphatic heterocycles. The maximum absolute atomic E-state index is 15.1. The molecule has 1 atom stereocenters. The van der Waals surface area contributed by atoms with Gasteiger partial charge in [0.1, 0.15) is 12.4 Å². The zero-order valence-corrected chi connectivity index (χ0v) is 18.7. The molecule has 176 valence electrons. The van der Waals surface area contributed by atoms with Gasteiger partial charge in [-0.05, 0) is 26.0 Å². The van der Waals surface area contributed by atoms with Gasteiger partial charge in [0.15, 0.2) is 5.82 Å². The van der Waals surface area contributed by atoms with Crippen molar-refractivity contribution in [2.45, 2.75) is 25.8 Å². The Morgan fingerprint density at radius 1 is 1.24 bits per heavy atom. The fourth-order valence-electron chi connectivity index (χ4n) is 3.96. The van der Waals surface area contributed by atoms with E-state index in [9.17, 15) is 8.78 Å². The smallest absolute Gasteiger partial charge is 0.298 e. The maximum atomic E-state index is 15.1. The number of alkyl halides is 2. The molecule has 2 aromatic heterocycles. The van der Waals surface area contributed by atoms with Crippen LogP contribution in [0.3, 0.4) is 0 Å². The van der Waals surface area contributed by atoms with Crippen molar-refractivity contribution in [3.8, 4) is 0 Å². The fourth-order valence-corrected chi connectivity index (χ4v) is 3.96. The van der Waals surface area contributed by atoms with Gasteiger partial charge >= 0.3 is 0 Å². The summed E-state index contributed by atoms with van der Waals surface area (Å²) in [5.41, 5.74) is 1.63. The van der Waals surface area contributed by atoms with Crippen molar-refractivity contribution in [3.63, 3.8) is 0 Å². The zero-order valence-electron chi connectivity index (χ0n) is 18.7. The Balaban J connectivity index is 1.68. The number of aromatic nitrogens is 3. The number of rotatable bonds is 7. The number of halogens is 3. The summed E-state index contributed by atoms with van der Waals surface area (Å²) in [4.78, 5) is 6.74. The number of pyridine rings is 1. The number of nitrogens with zero attached hydrogens (tertiary/aromatic N) is 4. The number of hydrogen-bond donors (Lipinski definition) is 1. The summed E-state index contributed by atoms with van der Waals surface area (Å²) in [5.74, 6) is -4.02. The molecule has 4 rings (SSSR count). The Kier molecular flexibility index (Phi) is 6.66. The lowest BCUT2D eigenvalue weighted by Crippen LogP contribution is -2.36. The minimum Gasteiger partial charge on any atom is -0.378 e. The number of methoxy groups -OCH3 is 1. The number of nitrogens with one attached hydrogen (secondary N) is 1. The Bertz CT molecular complexity index is 1140. The molecule has 1 aromatic carbocycles. The van der Waals surface area contributed by atoms with E-state index in [-0.39, 0.29) is 5.56 Å². The second-order valence-corrected chi connectivity index (χ2v) is 8.04. The second kappa shape index (κ2) is 9.48. The van der Waals surface area contributed by atoms with Crippen molar-refractivity contribution in [1.82, 2.24) is 15.2 Å². The van der Waals surface area contributed by atoms with Gasteiger partial charge < -0.3 is 19.7 Å². The molecule has 33 heavy (non-hydrogen) atoms. The van der Waals surface area contributed by atoms with E-state index in [1.54, 1.807) is 13.1 Å². The molecule has 10 heteroatoms. The van der Waals surface area contributed by atoms with Crippen molar-refractivity contribution in [1.29, 1.82) is 0 Å². The van der Waals surface area contributed by atoms with Crippen LogP contribution in [0.4, 0.5) is 24.7 Å². The third-order valence-electron chi connectivity index (χ3n) is 5.72. The highest BCUT2D eigenvalue weighted by molar-refractivity contribution is 5.92. The van der Waals surface area contributed by atoms with Crippen LogP contribution in [0.2, 0.25) is 0 Å². The number of anilines is 2. The normalized spacial score (nSPS) is 15.6. The molecule has 1 saturated heterocycles. The Morgan fingerprint density at radius 3 is 2.73 bits per heavy atom. The van der Waals surface area contributed by atoms with Gasteiger partial charge in [-0.25, -0.2) is 4.39 Å². The predicted molar refractivity (Wildman–Crippen MR) is 119 cm³/mol. The topological polar surface area (TPSA) is 72.4 Å². The summed E-state index contributed by atoms with van der Waals surface area (Å²) in [6.45, 7) is 5.36. The maximum Gasteiger partial charge on any atom is 0.298 e. The first kappa shape index (κ1) is 23.2. The van der Waals surface area contributed by atoms with Gasteiger partial charge in [0.05, 0.1) is 47.9 Å². The molecule has 1 aliphatic rings. The van der Waals surface area contributed by atoms with Gasteiger partial charge in [-0.3, -0.25) is 4.98 Å². The van der Waals surface area contributed by atoms with E-state index in [2.05, 4.69) is 30.1 Å². The Labute approximate surface area is 189 Å². The van der Waals surface area contributed by atoms with Crippen molar-refractivity contribution in [3.05, 3.63) is 53.1 Å². The highest BCUT2D eigenvalue weighted by Crippen LogP contribution is 2.35. The first-order valence-electron chi connectivity index (χ1n) is 10.7. The molecule has 0 radical (unpaired) electrons. The largest absolute Gasteiger partial charge is 0.378 e. The minimum atomic E-state index is -3.44. The van der Waals surface area contributed by atoms with Crippen molar-refractivity contribution < 1.29 is 22.6 Å². The number of ether oxygens (including phenoxy) is 2. The van der Waals surface area contributed by atoms with E-state index in [0.29, 0.717) is 30.2 Å². The Morgan fingerprint density at radius 2 is 2.00 bits per heavy atom. The van der Waals surface area contributed by atoms with Crippen LogP contribution in [0.25, 0.3) is 10.9 Å². The summed E-state index contributed by atoms with van der Waals surface area (Å²) in [6, 6.07) is 5.26. The molecule has 0 unspecified atom stereocenters. The molecule has 0 spiro atoms. The van der Waals surface area contributed by atoms with E-state index in [4.69, 9.17) is 4.74 Å². The summed E-state index contributed by atoms with van der Waals surface area (Å²) < 4.78 is 53.7. The molecule has 1 fully saturated rings. The van der Waals surface area contributed by atoms with Gasteiger partial charge in [-0.2, -0.15) is 13.9 Å². The van der Waals surface area contributed by atoms with Gasteiger partial charge in [0.25, 0.3) is 5.92 Å². The van der Waals surface area contributed by atoms with Crippen molar-refractivity contribution in [2.75, 3.05) is 50.2 Å². The first-order valence-corrected chi connectivity index (χ1v) is 10.7. The number of benzene rings is 1. The molecule has 0 bridgehead atoms. The lowest BCUT2D eigenvalue weighted by atomic mass is 10.00. The lowest BCUT2D eigenvalue weighted by molar-refractivity contribution is -0.0722. The number of aryl methyl sites for hydroxylation is 1. The zero-order chi connectivity index (χ0) is 23.6. The first-order chi connectivity index (χ1) is 15.8. The molecule has 0 amide bonds. The molecule has 0 aliphatic carbocycles. The number of hydrogen-bond acceptors (Lipinski definition) is 7. The van der Waals surface area contributed by atoms with Crippen molar-refractivity contribution >= 4 is 22.4 Å². The molecule has 0 saturated carbocycles. The monoisotopic (exact) mass is 461 g/mol. The third-order valence-corrected chi connectivity index (χ3v) is 5.72. The predicted octanol–water partition coefficient (Wildman–Crippen LogP) is 4.22. The van der Waals surface area contributed by atoms with E-state index in [1.165, 1.54) is 12.1 Å². The van der Waals surface area contributed by atoms with Crippen LogP contribution in [0.15, 0.2) is 30.5 Å². The number of morpholine rings is 1. The fraction of sp³-hybridized carbons (Fsp3) is 0.435. The van der Waals surface area contributed by atoms with Gasteiger partial charge in [0, 0.05) is 31.1 Å². The molecular formula is C23H26F3N5O2. The highest BCUT2D eigenvalue weighted by atomic mass is 19.3.